The van der Waals surface area contributed by atoms with Gasteiger partial charge in [-0.25, -0.2) is 4.79 Å². The Morgan fingerprint density at radius 1 is 1.29 bits per heavy atom. The molecule has 1 aliphatic heterocycles. The number of carbonyl (C=O) groups is 2. The van der Waals surface area contributed by atoms with E-state index in [9.17, 15) is 18.0 Å². The van der Waals surface area contributed by atoms with Crippen molar-refractivity contribution in [3.05, 3.63) is 47.2 Å². The van der Waals surface area contributed by atoms with E-state index < -0.39 is 12.1 Å². The van der Waals surface area contributed by atoms with Crippen molar-refractivity contribution in [2.75, 3.05) is 11.9 Å². The summed E-state index contributed by atoms with van der Waals surface area (Å²) in [5.74, 6) is -2.03. The Morgan fingerprint density at radius 3 is 2.54 bits per heavy atom. The van der Waals surface area contributed by atoms with Gasteiger partial charge in [0.25, 0.3) is 0 Å². The van der Waals surface area contributed by atoms with E-state index in [1.165, 1.54) is 11.3 Å². The highest BCUT2D eigenvalue weighted by atomic mass is 19.4. The molecule has 0 atom stereocenters. The number of aryl methyl sites for hydroxylation is 2. The van der Waals surface area contributed by atoms with Crippen LogP contribution < -0.4 is 10.6 Å². The Morgan fingerprint density at radius 2 is 1.93 bits per heavy atom. The number of carbonyl (C=O) groups excluding carboxylic acids is 1. The Balaban J connectivity index is 0.000000345. The number of alkyl halides is 3. The predicted octanol–water partition coefficient (Wildman–Crippen LogP) is 2.27. The molecule has 0 unspecified atom stereocenters. The molecule has 10 heteroatoms. The van der Waals surface area contributed by atoms with Crippen LogP contribution in [0, 0.1) is 0 Å². The number of carboxylic acid groups (broad SMARTS) is 1. The van der Waals surface area contributed by atoms with Gasteiger partial charge >= 0.3 is 12.1 Å². The molecule has 3 rings (SSSR count). The van der Waals surface area contributed by atoms with Crippen molar-refractivity contribution in [2.45, 2.75) is 32.0 Å². The fourth-order valence-electron chi connectivity index (χ4n) is 2.72. The van der Waals surface area contributed by atoms with Crippen molar-refractivity contribution in [1.29, 1.82) is 0 Å². The second-order valence-electron chi connectivity index (χ2n) is 6.16. The maximum absolute atomic E-state index is 12.1. The minimum absolute atomic E-state index is 0.0188. The number of fused-ring (bicyclic) bond motifs is 1. The zero-order valence-corrected chi connectivity index (χ0v) is 15.2. The minimum atomic E-state index is -5.08. The maximum Gasteiger partial charge on any atom is 0.490 e. The van der Waals surface area contributed by atoms with E-state index in [-0.39, 0.29) is 5.91 Å². The highest BCUT2D eigenvalue weighted by Crippen LogP contribution is 2.22. The number of aliphatic carboxylic acids is 1. The summed E-state index contributed by atoms with van der Waals surface area (Å²) in [4.78, 5) is 21.0. The lowest BCUT2D eigenvalue weighted by Crippen LogP contribution is -2.25. The fourth-order valence-corrected chi connectivity index (χ4v) is 2.72. The van der Waals surface area contributed by atoms with Crippen molar-refractivity contribution in [2.24, 2.45) is 7.05 Å². The lowest BCUT2D eigenvalue weighted by atomic mass is 10.1. The molecule has 0 fully saturated rings. The number of nitrogens with one attached hydrogen (secondary N) is 2. The SMILES string of the molecule is Cn1nc(NC(=O)CCc2ccccc2)c2c1CCNC2.O=C(O)C(F)(F)F. The van der Waals surface area contributed by atoms with E-state index in [0.717, 1.165) is 31.5 Å². The molecule has 0 radical (unpaired) electrons. The van der Waals surface area contributed by atoms with Gasteiger partial charge in [-0.2, -0.15) is 18.3 Å². The van der Waals surface area contributed by atoms with E-state index >= 15 is 0 Å². The molecular weight excluding hydrogens is 377 g/mol. The van der Waals surface area contributed by atoms with Gasteiger partial charge in [-0.05, 0) is 12.0 Å². The molecule has 0 spiro atoms. The Labute approximate surface area is 159 Å². The summed E-state index contributed by atoms with van der Waals surface area (Å²) in [7, 11) is 1.93. The van der Waals surface area contributed by atoms with E-state index in [2.05, 4.69) is 15.7 Å². The molecule has 2 heterocycles. The third-order valence-corrected chi connectivity index (χ3v) is 4.10. The number of halogens is 3. The van der Waals surface area contributed by atoms with Crippen molar-refractivity contribution in [3.63, 3.8) is 0 Å². The Hall–Kier alpha value is -2.88. The van der Waals surface area contributed by atoms with Gasteiger partial charge in [0.05, 0.1) is 0 Å². The van der Waals surface area contributed by atoms with E-state index in [4.69, 9.17) is 9.90 Å². The van der Waals surface area contributed by atoms with Gasteiger partial charge < -0.3 is 15.7 Å². The molecule has 28 heavy (non-hydrogen) atoms. The molecule has 1 aromatic heterocycles. The van der Waals surface area contributed by atoms with Crippen LogP contribution in [0.15, 0.2) is 30.3 Å². The Kier molecular flexibility index (Phi) is 7.16. The lowest BCUT2D eigenvalue weighted by molar-refractivity contribution is -0.192. The quantitative estimate of drug-likeness (QED) is 0.734. The summed E-state index contributed by atoms with van der Waals surface area (Å²) in [6.45, 7) is 1.74. The number of hydrogen-bond donors (Lipinski definition) is 3. The van der Waals surface area contributed by atoms with Crippen molar-refractivity contribution < 1.29 is 27.9 Å². The number of anilines is 1. The second kappa shape index (κ2) is 9.36. The van der Waals surface area contributed by atoms with Crippen LogP contribution in [0.2, 0.25) is 0 Å². The molecule has 1 amide bonds. The summed E-state index contributed by atoms with van der Waals surface area (Å²) in [6.07, 6.45) is -2.90. The summed E-state index contributed by atoms with van der Waals surface area (Å²) < 4.78 is 33.6. The van der Waals surface area contributed by atoms with E-state index in [0.29, 0.717) is 12.2 Å². The van der Waals surface area contributed by atoms with E-state index in [1.54, 1.807) is 0 Å². The topological polar surface area (TPSA) is 96.3 Å². The summed E-state index contributed by atoms with van der Waals surface area (Å²) >= 11 is 0. The van der Waals surface area contributed by atoms with Gasteiger partial charge in [-0.15, -0.1) is 0 Å². The number of nitrogens with zero attached hydrogens (tertiary/aromatic N) is 2. The third-order valence-electron chi connectivity index (χ3n) is 4.10. The minimum Gasteiger partial charge on any atom is -0.475 e. The molecule has 152 valence electrons. The number of amides is 1. The molecule has 1 aliphatic rings. The average molecular weight is 398 g/mol. The van der Waals surface area contributed by atoms with Gasteiger partial charge in [0.2, 0.25) is 5.91 Å². The molecule has 0 bridgehead atoms. The van der Waals surface area contributed by atoms with Gasteiger partial charge in [0, 0.05) is 44.2 Å². The van der Waals surface area contributed by atoms with Crippen molar-refractivity contribution in [1.82, 2.24) is 15.1 Å². The lowest BCUT2D eigenvalue weighted by Gasteiger charge is -2.14. The van der Waals surface area contributed by atoms with Gasteiger partial charge in [-0.1, -0.05) is 30.3 Å². The molecule has 3 N–H and O–H groups in total. The van der Waals surface area contributed by atoms with Crippen LogP contribution in [0.4, 0.5) is 19.0 Å². The van der Waals surface area contributed by atoms with Crippen LogP contribution in [0.5, 0.6) is 0 Å². The van der Waals surface area contributed by atoms with Gasteiger partial charge in [-0.3, -0.25) is 9.48 Å². The predicted molar refractivity (Wildman–Crippen MR) is 95.7 cm³/mol. The zero-order chi connectivity index (χ0) is 20.7. The highest BCUT2D eigenvalue weighted by Gasteiger charge is 2.38. The van der Waals surface area contributed by atoms with Gasteiger partial charge in [0.15, 0.2) is 5.82 Å². The molecule has 7 nitrogen and oxygen atoms in total. The number of carboxylic acids is 1. The first-order valence-electron chi connectivity index (χ1n) is 8.58. The van der Waals surface area contributed by atoms with Crippen LogP contribution in [0.3, 0.4) is 0 Å². The average Bonchev–Trinajstić information content (AvgIpc) is 2.97. The summed E-state index contributed by atoms with van der Waals surface area (Å²) in [5.41, 5.74) is 3.52. The number of benzene rings is 1. The first-order valence-corrected chi connectivity index (χ1v) is 8.58. The summed E-state index contributed by atoms with van der Waals surface area (Å²) in [5, 5.41) is 17.8. The summed E-state index contributed by atoms with van der Waals surface area (Å²) in [6, 6.07) is 10.1. The molecule has 0 saturated heterocycles. The van der Waals surface area contributed by atoms with Gasteiger partial charge in [0.1, 0.15) is 0 Å². The molecular formula is C18H21F3N4O3. The van der Waals surface area contributed by atoms with Crippen LogP contribution in [-0.4, -0.2) is 39.5 Å². The first kappa shape index (κ1) is 21.4. The monoisotopic (exact) mass is 398 g/mol. The normalized spacial score (nSPS) is 13.1. The maximum atomic E-state index is 12.1. The smallest absolute Gasteiger partial charge is 0.475 e. The van der Waals surface area contributed by atoms with Crippen LogP contribution >= 0.6 is 0 Å². The first-order chi connectivity index (χ1) is 13.2. The molecule has 2 aromatic rings. The number of aromatic nitrogens is 2. The van der Waals surface area contributed by atoms with Crippen molar-refractivity contribution in [3.8, 4) is 0 Å². The highest BCUT2D eigenvalue weighted by molar-refractivity contribution is 5.90. The Bertz CT molecular complexity index is 819. The zero-order valence-electron chi connectivity index (χ0n) is 15.2. The molecule has 1 aromatic carbocycles. The standard InChI is InChI=1S/C16H20N4O.C2HF3O2/c1-20-14-9-10-17-11-13(14)16(19-20)18-15(21)8-7-12-5-3-2-4-6-12;3-2(4,5)1(6)7/h2-6,17H,7-11H2,1H3,(H,18,19,21);(H,6,7). The number of rotatable bonds is 4. The third kappa shape index (κ3) is 6.08. The number of hydrogen-bond acceptors (Lipinski definition) is 4. The van der Waals surface area contributed by atoms with Crippen LogP contribution in [-0.2, 0) is 36.0 Å². The largest absolute Gasteiger partial charge is 0.490 e. The van der Waals surface area contributed by atoms with E-state index in [1.807, 2.05) is 42.1 Å². The van der Waals surface area contributed by atoms with Crippen molar-refractivity contribution >= 4 is 17.7 Å². The van der Waals surface area contributed by atoms with Crippen LogP contribution in [0.1, 0.15) is 23.2 Å². The molecule has 0 saturated carbocycles. The fraction of sp³-hybridized carbons (Fsp3) is 0.389. The molecule has 0 aliphatic carbocycles. The van der Waals surface area contributed by atoms with Crippen LogP contribution in [0.25, 0.3) is 0 Å². The second-order valence-corrected chi connectivity index (χ2v) is 6.16.